The van der Waals surface area contributed by atoms with Crippen molar-refractivity contribution in [3.05, 3.63) is 0 Å². The van der Waals surface area contributed by atoms with E-state index in [4.69, 9.17) is 5.73 Å². The SMILES string of the molecule is CC(O)CN1CCC(CN(C)C(=O)[C@@H](C)N)CC1. The summed E-state index contributed by atoms with van der Waals surface area (Å²) in [4.78, 5) is 15.7. The first-order valence-electron chi connectivity index (χ1n) is 6.81. The number of nitrogens with zero attached hydrogens (tertiary/aromatic N) is 2. The Balaban J connectivity index is 2.29. The second-order valence-electron chi connectivity index (χ2n) is 5.60. The molecule has 0 aliphatic carbocycles. The zero-order valence-corrected chi connectivity index (χ0v) is 11.8. The fourth-order valence-electron chi connectivity index (χ4n) is 2.55. The Labute approximate surface area is 110 Å². The van der Waals surface area contributed by atoms with Crippen LogP contribution in [-0.2, 0) is 4.79 Å². The molecule has 1 heterocycles. The highest BCUT2D eigenvalue weighted by Gasteiger charge is 2.23. The van der Waals surface area contributed by atoms with Crippen molar-refractivity contribution >= 4 is 5.91 Å². The number of nitrogens with two attached hydrogens (primary N) is 1. The monoisotopic (exact) mass is 257 g/mol. The van der Waals surface area contributed by atoms with Crippen molar-refractivity contribution in [3.8, 4) is 0 Å². The smallest absolute Gasteiger partial charge is 0.238 e. The molecule has 0 aromatic heterocycles. The quantitative estimate of drug-likeness (QED) is 0.721. The molecule has 5 heteroatoms. The Morgan fingerprint density at radius 2 is 2.00 bits per heavy atom. The molecule has 1 fully saturated rings. The van der Waals surface area contributed by atoms with Gasteiger partial charge in [-0.3, -0.25) is 4.79 Å². The van der Waals surface area contributed by atoms with Gasteiger partial charge in [0.25, 0.3) is 0 Å². The highest BCUT2D eigenvalue weighted by atomic mass is 16.3. The third-order valence-electron chi connectivity index (χ3n) is 3.53. The number of carbonyl (C=O) groups excluding carboxylic acids is 1. The topological polar surface area (TPSA) is 69.8 Å². The van der Waals surface area contributed by atoms with Crippen LogP contribution in [0.15, 0.2) is 0 Å². The van der Waals surface area contributed by atoms with Crippen molar-refractivity contribution < 1.29 is 9.90 Å². The van der Waals surface area contributed by atoms with Gasteiger partial charge in [-0.05, 0) is 45.7 Å². The molecule has 1 amide bonds. The van der Waals surface area contributed by atoms with E-state index in [-0.39, 0.29) is 12.0 Å². The fourth-order valence-corrected chi connectivity index (χ4v) is 2.55. The van der Waals surface area contributed by atoms with Crippen LogP contribution >= 0.6 is 0 Å². The molecule has 0 bridgehead atoms. The van der Waals surface area contributed by atoms with E-state index < -0.39 is 6.04 Å². The minimum absolute atomic E-state index is 0.0152. The highest BCUT2D eigenvalue weighted by molar-refractivity contribution is 5.80. The molecule has 1 aliphatic rings. The third-order valence-corrected chi connectivity index (χ3v) is 3.53. The normalized spacial score (nSPS) is 21.6. The maximum absolute atomic E-state index is 11.7. The van der Waals surface area contributed by atoms with Crippen molar-refractivity contribution in [2.24, 2.45) is 11.7 Å². The molecule has 0 aromatic carbocycles. The third kappa shape index (κ3) is 4.92. The average molecular weight is 257 g/mol. The van der Waals surface area contributed by atoms with Gasteiger partial charge in [-0.25, -0.2) is 0 Å². The summed E-state index contributed by atoms with van der Waals surface area (Å²) in [6, 6.07) is -0.412. The average Bonchev–Trinajstić information content (AvgIpc) is 2.29. The summed E-state index contributed by atoms with van der Waals surface area (Å²) in [5.41, 5.74) is 5.59. The van der Waals surface area contributed by atoms with E-state index in [1.54, 1.807) is 11.8 Å². The molecule has 0 saturated carbocycles. The Morgan fingerprint density at radius 1 is 1.44 bits per heavy atom. The molecule has 2 atom stereocenters. The molecular weight excluding hydrogens is 230 g/mol. The lowest BCUT2D eigenvalue weighted by Crippen LogP contribution is -2.45. The van der Waals surface area contributed by atoms with Crippen LogP contribution in [0.5, 0.6) is 0 Å². The number of likely N-dealkylation sites (tertiary alicyclic amines) is 1. The fraction of sp³-hybridized carbons (Fsp3) is 0.923. The van der Waals surface area contributed by atoms with Gasteiger partial charge in [0.15, 0.2) is 0 Å². The number of hydrogen-bond donors (Lipinski definition) is 2. The van der Waals surface area contributed by atoms with Crippen molar-refractivity contribution in [2.75, 3.05) is 33.2 Å². The van der Waals surface area contributed by atoms with Gasteiger partial charge >= 0.3 is 0 Å². The first-order valence-corrected chi connectivity index (χ1v) is 6.81. The van der Waals surface area contributed by atoms with E-state index in [1.165, 1.54) is 0 Å². The highest BCUT2D eigenvalue weighted by Crippen LogP contribution is 2.18. The number of piperidine rings is 1. The van der Waals surface area contributed by atoms with Crippen LogP contribution in [-0.4, -0.2) is 66.2 Å². The number of rotatable bonds is 5. The molecule has 3 N–H and O–H groups in total. The van der Waals surface area contributed by atoms with Crippen LogP contribution in [0.2, 0.25) is 0 Å². The lowest BCUT2D eigenvalue weighted by atomic mass is 9.96. The second-order valence-corrected chi connectivity index (χ2v) is 5.60. The van der Waals surface area contributed by atoms with Gasteiger partial charge in [0.1, 0.15) is 0 Å². The number of hydrogen-bond acceptors (Lipinski definition) is 4. The first kappa shape index (κ1) is 15.4. The van der Waals surface area contributed by atoms with E-state index in [0.29, 0.717) is 5.92 Å². The van der Waals surface area contributed by atoms with Crippen molar-refractivity contribution in [1.82, 2.24) is 9.80 Å². The Bertz CT molecular complexity index is 261. The molecule has 0 aromatic rings. The molecule has 1 unspecified atom stereocenters. The van der Waals surface area contributed by atoms with Gasteiger partial charge < -0.3 is 20.6 Å². The molecule has 1 saturated heterocycles. The summed E-state index contributed by atoms with van der Waals surface area (Å²) in [6.07, 6.45) is 1.91. The lowest BCUT2D eigenvalue weighted by molar-refractivity contribution is -0.131. The van der Waals surface area contributed by atoms with Crippen LogP contribution in [0.3, 0.4) is 0 Å². The molecule has 1 rings (SSSR count). The largest absolute Gasteiger partial charge is 0.392 e. The standard InChI is InChI=1S/C13H27N3O2/c1-10(17)8-16-6-4-12(5-7-16)9-15(3)13(18)11(2)14/h10-12,17H,4-9,14H2,1-3H3/t10?,11-/m1/s1. The van der Waals surface area contributed by atoms with Gasteiger partial charge in [-0.1, -0.05) is 0 Å². The van der Waals surface area contributed by atoms with E-state index >= 15 is 0 Å². The van der Waals surface area contributed by atoms with Gasteiger partial charge in [-0.15, -0.1) is 0 Å². The Hall–Kier alpha value is -0.650. The number of aliphatic hydroxyl groups is 1. The number of aliphatic hydroxyl groups excluding tert-OH is 1. The predicted octanol–water partition coefficient (Wildman–Crippen LogP) is -0.115. The van der Waals surface area contributed by atoms with Gasteiger partial charge in [0, 0.05) is 20.1 Å². The Kier molecular flexibility index (Phi) is 6.05. The Morgan fingerprint density at radius 3 is 2.44 bits per heavy atom. The molecular formula is C13H27N3O2. The molecule has 5 nitrogen and oxygen atoms in total. The summed E-state index contributed by atoms with van der Waals surface area (Å²) in [6.45, 7) is 7.11. The van der Waals surface area contributed by atoms with E-state index in [9.17, 15) is 9.90 Å². The minimum Gasteiger partial charge on any atom is -0.392 e. The number of likely N-dealkylation sites (N-methyl/N-ethyl adjacent to an activating group) is 1. The van der Waals surface area contributed by atoms with Gasteiger partial charge in [-0.2, -0.15) is 0 Å². The molecule has 1 aliphatic heterocycles. The van der Waals surface area contributed by atoms with Gasteiger partial charge in [0.2, 0.25) is 5.91 Å². The van der Waals surface area contributed by atoms with Crippen LogP contribution in [0.4, 0.5) is 0 Å². The number of β-amino-alcohol motifs (C(OH)–C–C–N with tert-alkyl or cyclic N) is 1. The molecule has 0 radical (unpaired) electrons. The predicted molar refractivity (Wildman–Crippen MR) is 72.1 cm³/mol. The van der Waals surface area contributed by atoms with Crippen molar-refractivity contribution in [3.63, 3.8) is 0 Å². The lowest BCUT2D eigenvalue weighted by Gasteiger charge is -2.34. The molecule has 0 spiro atoms. The number of carbonyl (C=O) groups is 1. The van der Waals surface area contributed by atoms with E-state index in [2.05, 4.69) is 4.90 Å². The van der Waals surface area contributed by atoms with Crippen molar-refractivity contribution in [1.29, 1.82) is 0 Å². The van der Waals surface area contributed by atoms with Crippen LogP contribution < -0.4 is 5.73 Å². The zero-order valence-electron chi connectivity index (χ0n) is 11.8. The van der Waals surface area contributed by atoms with Crippen molar-refractivity contribution in [2.45, 2.75) is 38.8 Å². The maximum Gasteiger partial charge on any atom is 0.238 e. The summed E-state index contributed by atoms with van der Waals surface area (Å²) in [5.74, 6) is 0.573. The maximum atomic E-state index is 11.7. The summed E-state index contributed by atoms with van der Waals surface area (Å²) in [7, 11) is 1.83. The summed E-state index contributed by atoms with van der Waals surface area (Å²) in [5, 5.41) is 9.34. The first-order chi connectivity index (χ1) is 8.40. The van der Waals surface area contributed by atoms with Crippen LogP contribution in [0, 0.1) is 5.92 Å². The molecule has 106 valence electrons. The minimum atomic E-state index is -0.412. The summed E-state index contributed by atoms with van der Waals surface area (Å²) < 4.78 is 0. The number of amides is 1. The second kappa shape index (κ2) is 7.07. The summed E-state index contributed by atoms with van der Waals surface area (Å²) >= 11 is 0. The van der Waals surface area contributed by atoms with Gasteiger partial charge in [0.05, 0.1) is 12.1 Å². The zero-order chi connectivity index (χ0) is 13.7. The van der Waals surface area contributed by atoms with E-state index in [0.717, 1.165) is 39.0 Å². The van der Waals surface area contributed by atoms with Crippen LogP contribution in [0.1, 0.15) is 26.7 Å². The van der Waals surface area contributed by atoms with Crippen LogP contribution in [0.25, 0.3) is 0 Å². The van der Waals surface area contributed by atoms with E-state index in [1.807, 2.05) is 14.0 Å². The molecule has 18 heavy (non-hydrogen) atoms.